The molecule has 0 atom stereocenters. The van der Waals surface area contributed by atoms with Crippen molar-refractivity contribution in [1.29, 1.82) is 0 Å². The van der Waals surface area contributed by atoms with E-state index in [0.29, 0.717) is 19.0 Å². The molecule has 3 N–H and O–H groups in total. The van der Waals surface area contributed by atoms with Gasteiger partial charge in [-0.3, -0.25) is 0 Å². The highest BCUT2D eigenvalue weighted by atomic mass is 16.6. The van der Waals surface area contributed by atoms with Crippen LogP contribution < -0.4 is 20.5 Å². The Morgan fingerprint density at radius 3 is 2.68 bits per heavy atom. The number of rotatable bonds is 2. The highest BCUT2D eigenvalue weighted by Gasteiger charge is 2.12. The highest BCUT2D eigenvalue weighted by Crippen LogP contribution is 2.33. The lowest BCUT2D eigenvalue weighted by Gasteiger charge is -2.19. The molecule has 3 rings (SSSR count). The first-order valence-corrected chi connectivity index (χ1v) is 5.98. The molecule has 6 nitrogen and oxygen atoms in total. The molecule has 0 unspecified atom stereocenters. The fourth-order valence-corrected chi connectivity index (χ4v) is 1.92. The van der Waals surface area contributed by atoms with Crippen LogP contribution in [0.3, 0.4) is 0 Å². The van der Waals surface area contributed by atoms with Crippen molar-refractivity contribution in [2.45, 2.75) is 6.92 Å². The minimum Gasteiger partial charge on any atom is -0.486 e. The molecule has 0 saturated heterocycles. The van der Waals surface area contributed by atoms with Crippen molar-refractivity contribution in [2.24, 2.45) is 0 Å². The summed E-state index contributed by atoms with van der Waals surface area (Å²) in [6.07, 6.45) is 0. The lowest BCUT2D eigenvalue weighted by molar-refractivity contribution is 0.171. The molecule has 0 radical (unpaired) electrons. The number of anilines is 3. The monoisotopic (exact) mass is 258 g/mol. The van der Waals surface area contributed by atoms with Crippen molar-refractivity contribution in [3.05, 3.63) is 30.0 Å². The summed E-state index contributed by atoms with van der Waals surface area (Å²) in [4.78, 5) is 8.15. The van der Waals surface area contributed by atoms with E-state index in [4.69, 9.17) is 15.2 Å². The summed E-state index contributed by atoms with van der Waals surface area (Å²) in [5.41, 5.74) is 7.29. The van der Waals surface area contributed by atoms with E-state index >= 15 is 0 Å². The lowest BCUT2D eigenvalue weighted by atomic mass is 10.2. The molecule has 1 aliphatic heterocycles. The normalized spacial score (nSPS) is 13.1. The molecule has 2 heterocycles. The Hall–Kier alpha value is -2.50. The number of fused-ring (bicyclic) bond motifs is 1. The maximum absolute atomic E-state index is 5.62. The van der Waals surface area contributed by atoms with Crippen LogP contribution in [0, 0.1) is 6.92 Å². The molecule has 0 amide bonds. The van der Waals surface area contributed by atoms with Gasteiger partial charge in [0, 0.05) is 23.5 Å². The first-order valence-electron chi connectivity index (χ1n) is 5.98. The third-order valence-corrected chi connectivity index (χ3v) is 2.69. The molecule has 6 heteroatoms. The predicted molar refractivity (Wildman–Crippen MR) is 71.9 cm³/mol. The molecule has 19 heavy (non-hydrogen) atoms. The van der Waals surface area contributed by atoms with Gasteiger partial charge < -0.3 is 20.5 Å². The molecule has 0 bridgehead atoms. The Labute approximate surface area is 110 Å². The van der Waals surface area contributed by atoms with E-state index in [2.05, 4.69) is 15.3 Å². The van der Waals surface area contributed by atoms with Gasteiger partial charge in [-0.2, -0.15) is 4.98 Å². The van der Waals surface area contributed by atoms with Gasteiger partial charge in [-0.15, -0.1) is 0 Å². The van der Waals surface area contributed by atoms with Gasteiger partial charge in [0.25, 0.3) is 0 Å². The second-order valence-corrected chi connectivity index (χ2v) is 4.24. The van der Waals surface area contributed by atoms with Crippen LogP contribution in [-0.2, 0) is 0 Å². The summed E-state index contributed by atoms with van der Waals surface area (Å²) in [6, 6.07) is 7.48. The summed E-state index contributed by atoms with van der Waals surface area (Å²) in [6.45, 7) is 3.02. The second-order valence-electron chi connectivity index (χ2n) is 4.24. The van der Waals surface area contributed by atoms with Crippen LogP contribution in [0.25, 0.3) is 0 Å². The molecule has 1 aromatic carbocycles. The highest BCUT2D eigenvalue weighted by molar-refractivity contribution is 5.62. The number of nitrogens with zero attached hydrogens (tertiary/aromatic N) is 2. The number of nitrogens with one attached hydrogen (secondary N) is 1. The third-order valence-electron chi connectivity index (χ3n) is 2.69. The minimum absolute atomic E-state index is 0.250. The number of hydrogen-bond acceptors (Lipinski definition) is 6. The minimum atomic E-state index is 0.250. The van der Waals surface area contributed by atoms with Crippen LogP contribution >= 0.6 is 0 Å². The van der Waals surface area contributed by atoms with Crippen LogP contribution in [0.1, 0.15) is 5.69 Å². The number of ether oxygens (including phenoxy) is 2. The fraction of sp³-hybridized carbons (Fsp3) is 0.231. The number of benzene rings is 1. The molecule has 98 valence electrons. The van der Waals surface area contributed by atoms with E-state index in [9.17, 15) is 0 Å². The van der Waals surface area contributed by atoms with Crippen molar-refractivity contribution in [3.8, 4) is 11.5 Å². The maximum Gasteiger partial charge on any atom is 0.222 e. The van der Waals surface area contributed by atoms with Crippen LogP contribution in [0.4, 0.5) is 17.5 Å². The van der Waals surface area contributed by atoms with Gasteiger partial charge in [0.05, 0.1) is 0 Å². The topological polar surface area (TPSA) is 82.3 Å². The number of hydrogen-bond donors (Lipinski definition) is 2. The zero-order valence-electron chi connectivity index (χ0n) is 10.5. The first kappa shape index (κ1) is 11.6. The van der Waals surface area contributed by atoms with Crippen molar-refractivity contribution in [2.75, 3.05) is 24.3 Å². The quantitative estimate of drug-likeness (QED) is 0.855. The van der Waals surface area contributed by atoms with Gasteiger partial charge in [0.1, 0.15) is 19.0 Å². The molecule has 0 saturated carbocycles. The van der Waals surface area contributed by atoms with Gasteiger partial charge >= 0.3 is 0 Å². The van der Waals surface area contributed by atoms with Crippen molar-refractivity contribution in [3.63, 3.8) is 0 Å². The zero-order valence-corrected chi connectivity index (χ0v) is 10.5. The summed E-state index contributed by atoms with van der Waals surface area (Å²) < 4.78 is 11.0. The van der Waals surface area contributed by atoms with Gasteiger partial charge in [-0.1, -0.05) is 0 Å². The fourth-order valence-electron chi connectivity index (χ4n) is 1.92. The zero-order chi connectivity index (χ0) is 13.2. The molecule has 2 aromatic rings. The Morgan fingerprint density at radius 2 is 1.89 bits per heavy atom. The predicted octanol–water partition coefficient (Wildman–Crippen LogP) is 1.88. The van der Waals surface area contributed by atoms with Gasteiger partial charge in [-0.25, -0.2) is 4.98 Å². The first-order chi connectivity index (χ1) is 9.20. The molecular weight excluding hydrogens is 244 g/mol. The van der Waals surface area contributed by atoms with Crippen molar-refractivity contribution >= 4 is 17.5 Å². The van der Waals surface area contributed by atoms with Crippen molar-refractivity contribution in [1.82, 2.24) is 9.97 Å². The number of nitrogen functional groups attached to an aromatic ring is 1. The Kier molecular flexibility index (Phi) is 2.83. The van der Waals surface area contributed by atoms with Crippen LogP contribution in [0.2, 0.25) is 0 Å². The Balaban J connectivity index is 1.86. The molecule has 1 aliphatic rings. The second kappa shape index (κ2) is 4.64. The summed E-state index contributed by atoms with van der Waals surface area (Å²) in [5.74, 6) is 2.40. The SMILES string of the molecule is Cc1cc(Nc2ccc3c(c2)OCCO3)nc(N)n1. The molecule has 0 fully saturated rings. The van der Waals surface area contributed by atoms with Crippen LogP contribution in [0.15, 0.2) is 24.3 Å². The molecule has 1 aromatic heterocycles. The van der Waals surface area contributed by atoms with E-state index in [1.54, 1.807) is 0 Å². The van der Waals surface area contributed by atoms with E-state index < -0.39 is 0 Å². The lowest BCUT2D eigenvalue weighted by Crippen LogP contribution is -2.15. The average molecular weight is 258 g/mol. The number of nitrogens with two attached hydrogens (primary N) is 1. The molecular formula is C13H14N4O2. The van der Waals surface area contributed by atoms with Gasteiger partial charge in [-0.05, 0) is 19.1 Å². The largest absolute Gasteiger partial charge is 0.486 e. The summed E-state index contributed by atoms with van der Waals surface area (Å²) in [7, 11) is 0. The summed E-state index contributed by atoms with van der Waals surface area (Å²) in [5, 5.41) is 3.17. The third kappa shape index (κ3) is 2.52. The standard InChI is InChI=1S/C13H14N4O2/c1-8-6-12(17-13(14)15-8)16-9-2-3-10-11(7-9)19-5-4-18-10/h2-3,6-7H,4-5H2,1H3,(H3,14,15,16,17). The van der Waals surface area contributed by atoms with Crippen molar-refractivity contribution < 1.29 is 9.47 Å². The smallest absolute Gasteiger partial charge is 0.222 e. The number of aryl methyl sites for hydroxylation is 1. The van der Waals surface area contributed by atoms with E-state index in [0.717, 1.165) is 22.9 Å². The molecule has 0 spiro atoms. The maximum atomic E-state index is 5.62. The van der Waals surface area contributed by atoms with E-state index in [1.165, 1.54) is 0 Å². The Bertz CT molecular complexity index is 595. The van der Waals surface area contributed by atoms with Gasteiger partial charge in [0.2, 0.25) is 5.95 Å². The van der Waals surface area contributed by atoms with E-state index in [1.807, 2.05) is 31.2 Å². The van der Waals surface area contributed by atoms with Gasteiger partial charge in [0.15, 0.2) is 11.5 Å². The molecule has 0 aliphatic carbocycles. The average Bonchev–Trinajstić information content (AvgIpc) is 2.37. The van der Waals surface area contributed by atoms with Crippen LogP contribution in [0.5, 0.6) is 11.5 Å². The van der Waals surface area contributed by atoms with E-state index in [-0.39, 0.29) is 5.95 Å². The summed E-state index contributed by atoms with van der Waals surface area (Å²) >= 11 is 0. The van der Waals surface area contributed by atoms with Crippen LogP contribution in [-0.4, -0.2) is 23.2 Å². The number of aromatic nitrogens is 2. The Morgan fingerprint density at radius 1 is 1.11 bits per heavy atom.